The first kappa shape index (κ1) is 19.8. The highest BCUT2D eigenvalue weighted by Crippen LogP contribution is 2.26. The molecule has 4 rings (SSSR count). The molecule has 0 atom stereocenters. The number of rotatable bonds is 5. The average Bonchev–Trinajstić information content (AvgIpc) is 3.27. The monoisotopic (exact) mass is 422 g/mol. The third kappa shape index (κ3) is 3.71. The maximum absolute atomic E-state index is 12.8. The van der Waals surface area contributed by atoms with Gasteiger partial charge in [-0.3, -0.25) is 9.20 Å². The third-order valence-corrected chi connectivity index (χ3v) is 5.17. The molecule has 9 heteroatoms. The van der Waals surface area contributed by atoms with Gasteiger partial charge in [0.05, 0.1) is 17.7 Å². The lowest BCUT2D eigenvalue weighted by Crippen LogP contribution is -2.18. The number of pyridine rings is 1. The summed E-state index contributed by atoms with van der Waals surface area (Å²) in [5.41, 5.74) is 2.29. The zero-order valence-corrected chi connectivity index (χ0v) is 17.4. The Bertz CT molecular complexity index is 1300. The minimum atomic E-state index is -0.574. The van der Waals surface area contributed by atoms with Crippen molar-refractivity contribution < 1.29 is 13.9 Å². The molecule has 0 fully saturated rings. The van der Waals surface area contributed by atoms with Crippen LogP contribution in [0.4, 0.5) is 0 Å². The molecule has 4 aromatic heterocycles. The fourth-order valence-electron chi connectivity index (χ4n) is 3.04. The van der Waals surface area contributed by atoms with Gasteiger partial charge in [-0.25, -0.2) is 19.7 Å². The third-order valence-electron chi connectivity index (χ3n) is 4.49. The van der Waals surface area contributed by atoms with E-state index in [-0.39, 0.29) is 17.7 Å². The van der Waals surface area contributed by atoms with E-state index in [2.05, 4.69) is 15.0 Å². The number of carbonyl (C=O) groups is 1. The second kappa shape index (κ2) is 8.11. The molecule has 0 saturated heterocycles. The van der Waals surface area contributed by atoms with Gasteiger partial charge in [0.25, 0.3) is 5.56 Å². The molecule has 0 aliphatic rings. The Morgan fingerprint density at radius 2 is 2.03 bits per heavy atom. The van der Waals surface area contributed by atoms with E-state index in [1.54, 1.807) is 31.3 Å². The Morgan fingerprint density at radius 1 is 1.20 bits per heavy atom. The van der Waals surface area contributed by atoms with Crippen LogP contribution in [0.5, 0.6) is 0 Å². The van der Waals surface area contributed by atoms with E-state index in [1.807, 2.05) is 19.2 Å². The number of aryl methyl sites for hydroxylation is 2. The van der Waals surface area contributed by atoms with Gasteiger partial charge < -0.3 is 9.15 Å². The maximum Gasteiger partial charge on any atom is 0.343 e. The molecule has 152 valence electrons. The second-order valence-electron chi connectivity index (χ2n) is 6.54. The highest BCUT2D eigenvalue weighted by atomic mass is 32.2. The van der Waals surface area contributed by atoms with E-state index in [0.717, 1.165) is 5.56 Å². The number of carbonyl (C=O) groups excluding carboxylic acids is 1. The van der Waals surface area contributed by atoms with Crippen LogP contribution in [0.15, 0.2) is 57.0 Å². The molecule has 4 heterocycles. The number of hydrogen-bond donors (Lipinski definition) is 0. The van der Waals surface area contributed by atoms with E-state index in [1.165, 1.54) is 28.5 Å². The number of furan rings is 1. The van der Waals surface area contributed by atoms with Crippen LogP contribution in [0, 0.1) is 13.8 Å². The molecule has 8 nitrogen and oxygen atoms in total. The Hall–Kier alpha value is -3.46. The second-order valence-corrected chi connectivity index (χ2v) is 7.34. The van der Waals surface area contributed by atoms with Gasteiger partial charge in [-0.1, -0.05) is 6.07 Å². The highest BCUT2D eigenvalue weighted by molar-refractivity contribution is 7.98. The first-order valence-corrected chi connectivity index (χ1v) is 10.3. The van der Waals surface area contributed by atoms with Crippen LogP contribution in [0.3, 0.4) is 0 Å². The van der Waals surface area contributed by atoms with Crippen molar-refractivity contribution in [2.45, 2.75) is 25.5 Å². The predicted octanol–water partition coefficient (Wildman–Crippen LogP) is 3.44. The van der Waals surface area contributed by atoms with Gasteiger partial charge in [0.2, 0.25) is 0 Å². The maximum atomic E-state index is 12.8. The van der Waals surface area contributed by atoms with E-state index in [0.29, 0.717) is 33.6 Å². The molecule has 0 bridgehead atoms. The summed E-state index contributed by atoms with van der Waals surface area (Å²) >= 11 is 1.31. The van der Waals surface area contributed by atoms with Crippen LogP contribution in [0.2, 0.25) is 0 Å². The van der Waals surface area contributed by atoms with Crippen molar-refractivity contribution in [2.24, 2.45) is 0 Å². The quantitative estimate of drug-likeness (QED) is 0.274. The fraction of sp³-hybridized carbons (Fsp3) is 0.190. The summed E-state index contributed by atoms with van der Waals surface area (Å²) in [5.74, 6) is 0.345. The van der Waals surface area contributed by atoms with Crippen LogP contribution in [-0.2, 0) is 11.3 Å². The average molecular weight is 422 g/mol. The van der Waals surface area contributed by atoms with Crippen LogP contribution in [-0.4, -0.2) is 31.6 Å². The Balaban J connectivity index is 1.61. The Labute approximate surface area is 176 Å². The van der Waals surface area contributed by atoms with Crippen LogP contribution < -0.4 is 5.56 Å². The normalized spacial score (nSPS) is 11.0. The fourth-order valence-corrected chi connectivity index (χ4v) is 3.65. The molecule has 0 N–H and O–H groups in total. The first-order chi connectivity index (χ1) is 14.5. The van der Waals surface area contributed by atoms with E-state index >= 15 is 0 Å². The van der Waals surface area contributed by atoms with Gasteiger partial charge in [-0.2, -0.15) is 0 Å². The number of thioether (sulfide) groups is 1. The zero-order valence-electron chi connectivity index (χ0n) is 16.6. The summed E-state index contributed by atoms with van der Waals surface area (Å²) in [6.07, 6.45) is 5.01. The lowest BCUT2D eigenvalue weighted by atomic mass is 10.2. The number of ether oxygens (including phenoxy) is 1. The van der Waals surface area contributed by atoms with Crippen molar-refractivity contribution in [3.8, 4) is 11.6 Å². The number of aromatic nitrogens is 4. The molecule has 0 amide bonds. The van der Waals surface area contributed by atoms with E-state index in [4.69, 9.17) is 9.15 Å². The lowest BCUT2D eigenvalue weighted by molar-refractivity contribution is 0.0461. The summed E-state index contributed by atoms with van der Waals surface area (Å²) in [7, 11) is 0. The highest BCUT2D eigenvalue weighted by Gasteiger charge is 2.21. The molecule has 0 aliphatic carbocycles. The number of fused-ring (bicyclic) bond motifs is 1. The van der Waals surface area contributed by atoms with Gasteiger partial charge in [0.1, 0.15) is 22.8 Å². The Morgan fingerprint density at radius 3 is 2.77 bits per heavy atom. The standard InChI is InChI=1S/C21H18N4O4S/c1-12-6-4-8-25-16(26)10-14(23-19(12)25)11-29-21(27)17-13(2)22-18(24-20(17)30-3)15-7-5-9-28-15/h4-10H,11H2,1-3H3. The van der Waals surface area contributed by atoms with Crippen molar-refractivity contribution in [2.75, 3.05) is 6.26 Å². The van der Waals surface area contributed by atoms with Crippen molar-refractivity contribution >= 4 is 23.4 Å². The van der Waals surface area contributed by atoms with Gasteiger partial charge in [0.15, 0.2) is 11.6 Å². The number of hydrogen-bond acceptors (Lipinski definition) is 8. The SMILES string of the molecule is CSc1nc(-c2ccco2)nc(C)c1C(=O)OCc1cc(=O)n2cccc(C)c2n1. The minimum absolute atomic E-state index is 0.133. The number of nitrogens with zero attached hydrogens (tertiary/aromatic N) is 4. The lowest BCUT2D eigenvalue weighted by Gasteiger charge is -2.11. The molecule has 0 spiro atoms. The minimum Gasteiger partial charge on any atom is -0.461 e. The first-order valence-electron chi connectivity index (χ1n) is 9.09. The number of esters is 1. The predicted molar refractivity (Wildman–Crippen MR) is 112 cm³/mol. The van der Waals surface area contributed by atoms with Crippen LogP contribution in [0.1, 0.15) is 27.3 Å². The molecule has 0 unspecified atom stereocenters. The Kier molecular flexibility index (Phi) is 5.37. The summed E-state index contributed by atoms with van der Waals surface area (Å²) in [6, 6.07) is 8.50. The van der Waals surface area contributed by atoms with Crippen molar-refractivity contribution in [3.05, 3.63) is 75.7 Å². The molecule has 0 aliphatic heterocycles. The van der Waals surface area contributed by atoms with E-state index in [9.17, 15) is 9.59 Å². The molecule has 0 radical (unpaired) electrons. The molecular formula is C21H18N4O4S. The molecule has 0 saturated carbocycles. The van der Waals surface area contributed by atoms with Crippen LogP contribution in [0.25, 0.3) is 17.2 Å². The van der Waals surface area contributed by atoms with Gasteiger partial charge in [-0.15, -0.1) is 11.8 Å². The molecule has 30 heavy (non-hydrogen) atoms. The van der Waals surface area contributed by atoms with Gasteiger partial charge in [-0.05, 0) is 43.9 Å². The molecule has 4 aromatic rings. The van der Waals surface area contributed by atoms with E-state index < -0.39 is 5.97 Å². The summed E-state index contributed by atoms with van der Waals surface area (Å²) in [6.45, 7) is 3.45. The van der Waals surface area contributed by atoms with Crippen molar-refractivity contribution in [1.29, 1.82) is 0 Å². The molecular weight excluding hydrogens is 404 g/mol. The van der Waals surface area contributed by atoms with Crippen molar-refractivity contribution in [3.63, 3.8) is 0 Å². The van der Waals surface area contributed by atoms with Gasteiger partial charge in [0, 0.05) is 12.3 Å². The van der Waals surface area contributed by atoms with Crippen LogP contribution >= 0.6 is 11.8 Å². The largest absolute Gasteiger partial charge is 0.461 e. The zero-order chi connectivity index (χ0) is 21.3. The smallest absolute Gasteiger partial charge is 0.343 e. The van der Waals surface area contributed by atoms with Crippen molar-refractivity contribution in [1.82, 2.24) is 19.4 Å². The molecule has 0 aromatic carbocycles. The van der Waals surface area contributed by atoms with Gasteiger partial charge >= 0.3 is 5.97 Å². The summed E-state index contributed by atoms with van der Waals surface area (Å²) < 4.78 is 12.2. The summed E-state index contributed by atoms with van der Waals surface area (Å²) in [5, 5.41) is 0.487. The topological polar surface area (TPSA) is 99.6 Å². The summed E-state index contributed by atoms with van der Waals surface area (Å²) in [4.78, 5) is 38.4.